The molecule has 0 aliphatic carbocycles. The van der Waals surface area contributed by atoms with Crippen molar-refractivity contribution < 1.29 is 8.78 Å². The number of halogens is 2. The standard InChI is InChI=1S/C10H13F2N/c1-6-5-13-9(10(2,3)4)8(12)7(6)11/h5H,1-4H3. The molecule has 0 aromatic carbocycles. The zero-order chi connectivity index (χ0) is 10.2. The Morgan fingerprint density at radius 3 is 2.15 bits per heavy atom. The molecular formula is C10H13F2N. The lowest BCUT2D eigenvalue weighted by molar-refractivity contribution is 0.447. The molecule has 72 valence electrons. The molecule has 1 heterocycles. The van der Waals surface area contributed by atoms with Gasteiger partial charge in [0.05, 0.1) is 5.69 Å². The fourth-order valence-corrected chi connectivity index (χ4v) is 1.07. The van der Waals surface area contributed by atoms with Crippen LogP contribution in [0.15, 0.2) is 6.20 Å². The maximum atomic E-state index is 13.3. The summed E-state index contributed by atoms with van der Waals surface area (Å²) in [6, 6.07) is 0. The van der Waals surface area contributed by atoms with Crippen molar-refractivity contribution in [2.45, 2.75) is 33.1 Å². The minimum Gasteiger partial charge on any atom is -0.257 e. The molecule has 1 rings (SSSR count). The SMILES string of the molecule is Cc1cnc(C(C)(C)C)c(F)c1F. The van der Waals surface area contributed by atoms with E-state index in [1.807, 2.05) is 0 Å². The van der Waals surface area contributed by atoms with E-state index < -0.39 is 17.0 Å². The van der Waals surface area contributed by atoms with Gasteiger partial charge in [-0.3, -0.25) is 4.98 Å². The molecule has 3 heteroatoms. The van der Waals surface area contributed by atoms with Crippen LogP contribution in [-0.4, -0.2) is 4.98 Å². The Balaban J connectivity index is 3.35. The van der Waals surface area contributed by atoms with Crippen molar-refractivity contribution in [1.82, 2.24) is 4.98 Å². The first kappa shape index (κ1) is 10.1. The van der Waals surface area contributed by atoms with Crippen molar-refractivity contribution in [3.63, 3.8) is 0 Å². The molecule has 1 aromatic heterocycles. The van der Waals surface area contributed by atoms with Crippen LogP contribution in [0.2, 0.25) is 0 Å². The summed E-state index contributed by atoms with van der Waals surface area (Å²) in [5.74, 6) is -1.62. The molecule has 0 unspecified atom stereocenters. The van der Waals surface area contributed by atoms with Gasteiger partial charge in [-0.05, 0) is 6.92 Å². The summed E-state index contributed by atoms with van der Waals surface area (Å²) >= 11 is 0. The second-order valence-electron chi connectivity index (χ2n) is 4.17. The average molecular weight is 185 g/mol. The molecule has 1 nitrogen and oxygen atoms in total. The quantitative estimate of drug-likeness (QED) is 0.605. The van der Waals surface area contributed by atoms with Gasteiger partial charge >= 0.3 is 0 Å². The van der Waals surface area contributed by atoms with Crippen LogP contribution in [0.4, 0.5) is 8.78 Å². The van der Waals surface area contributed by atoms with Crippen LogP contribution in [0.25, 0.3) is 0 Å². The van der Waals surface area contributed by atoms with Crippen molar-refractivity contribution >= 4 is 0 Å². The minimum atomic E-state index is -0.826. The van der Waals surface area contributed by atoms with Gasteiger partial charge in [0.1, 0.15) is 0 Å². The van der Waals surface area contributed by atoms with Crippen LogP contribution in [0.5, 0.6) is 0 Å². The maximum Gasteiger partial charge on any atom is 0.181 e. The van der Waals surface area contributed by atoms with Crippen molar-refractivity contribution in [1.29, 1.82) is 0 Å². The lowest BCUT2D eigenvalue weighted by atomic mass is 9.91. The Kier molecular flexibility index (Phi) is 2.37. The van der Waals surface area contributed by atoms with Crippen LogP contribution < -0.4 is 0 Å². The number of aryl methyl sites for hydroxylation is 1. The molecule has 13 heavy (non-hydrogen) atoms. The summed E-state index contributed by atoms with van der Waals surface area (Å²) in [6.07, 6.45) is 1.36. The first-order valence-corrected chi connectivity index (χ1v) is 4.15. The van der Waals surface area contributed by atoms with E-state index in [1.54, 1.807) is 20.8 Å². The van der Waals surface area contributed by atoms with Crippen LogP contribution >= 0.6 is 0 Å². The molecule has 0 saturated carbocycles. The zero-order valence-corrected chi connectivity index (χ0v) is 8.28. The third kappa shape index (κ3) is 1.85. The smallest absolute Gasteiger partial charge is 0.181 e. The topological polar surface area (TPSA) is 12.9 Å². The largest absolute Gasteiger partial charge is 0.257 e. The summed E-state index contributed by atoms with van der Waals surface area (Å²) in [6.45, 7) is 6.89. The van der Waals surface area contributed by atoms with Crippen LogP contribution in [0.3, 0.4) is 0 Å². The van der Waals surface area contributed by atoms with Gasteiger partial charge in [-0.2, -0.15) is 0 Å². The molecule has 0 bridgehead atoms. The van der Waals surface area contributed by atoms with Gasteiger partial charge in [0.2, 0.25) is 0 Å². The molecule has 0 N–H and O–H groups in total. The highest BCUT2D eigenvalue weighted by Crippen LogP contribution is 2.25. The zero-order valence-electron chi connectivity index (χ0n) is 8.28. The first-order valence-electron chi connectivity index (χ1n) is 4.15. The number of rotatable bonds is 0. The second-order valence-corrected chi connectivity index (χ2v) is 4.17. The van der Waals surface area contributed by atoms with Gasteiger partial charge < -0.3 is 0 Å². The molecule has 1 aromatic rings. The molecular weight excluding hydrogens is 172 g/mol. The van der Waals surface area contributed by atoms with E-state index in [2.05, 4.69) is 4.98 Å². The van der Waals surface area contributed by atoms with Crippen molar-refractivity contribution in [3.8, 4) is 0 Å². The molecule has 0 amide bonds. The van der Waals surface area contributed by atoms with Gasteiger partial charge in [0.15, 0.2) is 11.6 Å². The summed E-state index contributed by atoms with van der Waals surface area (Å²) < 4.78 is 26.4. The van der Waals surface area contributed by atoms with E-state index in [1.165, 1.54) is 13.1 Å². The fraction of sp³-hybridized carbons (Fsp3) is 0.500. The molecule has 0 spiro atoms. The first-order chi connectivity index (χ1) is 5.84. The van der Waals surface area contributed by atoms with Gasteiger partial charge in [-0.15, -0.1) is 0 Å². The number of hydrogen-bond donors (Lipinski definition) is 0. The lowest BCUT2D eigenvalue weighted by Crippen LogP contribution is -2.17. The van der Waals surface area contributed by atoms with E-state index in [4.69, 9.17) is 0 Å². The molecule has 0 aliphatic heterocycles. The number of aromatic nitrogens is 1. The third-order valence-corrected chi connectivity index (χ3v) is 1.84. The molecule has 0 saturated heterocycles. The fourth-order valence-electron chi connectivity index (χ4n) is 1.07. The van der Waals surface area contributed by atoms with Crippen molar-refractivity contribution in [2.75, 3.05) is 0 Å². The molecule has 0 fully saturated rings. The minimum absolute atomic E-state index is 0.176. The predicted molar refractivity (Wildman–Crippen MR) is 47.6 cm³/mol. The highest BCUT2D eigenvalue weighted by atomic mass is 19.2. The average Bonchev–Trinajstić information content (AvgIpc) is 1.98. The highest BCUT2D eigenvalue weighted by molar-refractivity contribution is 5.22. The molecule has 0 aliphatic rings. The van der Waals surface area contributed by atoms with E-state index >= 15 is 0 Å². The van der Waals surface area contributed by atoms with Gasteiger partial charge in [-0.25, -0.2) is 8.78 Å². The van der Waals surface area contributed by atoms with Gasteiger partial charge in [0, 0.05) is 17.2 Å². The van der Waals surface area contributed by atoms with Crippen LogP contribution in [0, 0.1) is 18.6 Å². The number of hydrogen-bond acceptors (Lipinski definition) is 1. The van der Waals surface area contributed by atoms with Crippen LogP contribution in [-0.2, 0) is 5.41 Å². The van der Waals surface area contributed by atoms with E-state index in [0.717, 1.165) is 0 Å². The summed E-state index contributed by atoms with van der Waals surface area (Å²) in [5.41, 5.74) is -0.0420. The number of pyridine rings is 1. The van der Waals surface area contributed by atoms with Gasteiger partial charge in [-0.1, -0.05) is 20.8 Å². The monoisotopic (exact) mass is 185 g/mol. The lowest BCUT2D eigenvalue weighted by Gasteiger charge is -2.18. The maximum absolute atomic E-state index is 13.3. The molecule has 0 radical (unpaired) electrons. The Hall–Kier alpha value is -0.990. The Morgan fingerprint density at radius 2 is 1.69 bits per heavy atom. The normalized spacial score (nSPS) is 11.8. The van der Waals surface area contributed by atoms with Crippen molar-refractivity contribution in [2.24, 2.45) is 0 Å². The summed E-state index contributed by atoms with van der Waals surface area (Å²) in [7, 11) is 0. The van der Waals surface area contributed by atoms with Gasteiger partial charge in [0.25, 0.3) is 0 Å². The second kappa shape index (κ2) is 3.05. The third-order valence-electron chi connectivity index (χ3n) is 1.84. The van der Waals surface area contributed by atoms with Crippen molar-refractivity contribution in [3.05, 3.63) is 29.1 Å². The number of nitrogens with zero attached hydrogens (tertiary/aromatic N) is 1. The Bertz CT molecular complexity index is 326. The Labute approximate surface area is 76.8 Å². The highest BCUT2D eigenvalue weighted by Gasteiger charge is 2.23. The predicted octanol–water partition coefficient (Wildman–Crippen LogP) is 2.97. The Morgan fingerprint density at radius 1 is 1.15 bits per heavy atom. The van der Waals surface area contributed by atoms with Crippen LogP contribution in [0.1, 0.15) is 32.0 Å². The van der Waals surface area contributed by atoms with E-state index in [-0.39, 0.29) is 11.3 Å². The summed E-state index contributed by atoms with van der Waals surface area (Å²) in [5, 5.41) is 0. The summed E-state index contributed by atoms with van der Waals surface area (Å²) in [4.78, 5) is 3.89. The van der Waals surface area contributed by atoms with E-state index in [0.29, 0.717) is 0 Å². The van der Waals surface area contributed by atoms with E-state index in [9.17, 15) is 8.78 Å². The molecule has 0 atom stereocenters.